The van der Waals surface area contributed by atoms with Gasteiger partial charge in [-0.3, -0.25) is 4.79 Å². The predicted octanol–water partition coefficient (Wildman–Crippen LogP) is 1.50. The van der Waals surface area contributed by atoms with E-state index in [4.69, 9.17) is 5.11 Å². The number of aliphatic hydroxyl groups excluding tert-OH is 1. The van der Waals surface area contributed by atoms with Crippen molar-refractivity contribution in [2.45, 2.75) is 12.8 Å². The zero-order chi connectivity index (χ0) is 14.2. The molecule has 1 heterocycles. The summed E-state index contributed by atoms with van der Waals surface area (Å²) < 4.78 is 0. The number of anilines is 1. The van der Waals surface area contributed by atoms with Gasteiger partial charge in [0, 0.05) is 31.1 Å². The van der Waals surface area contributed by atoms with Gasteiger partial charge < -0.3 is 15.7 Å². The maximum atomic E-state index is 12.1. The van der Waals surface area contributed by atoms with E-state index in [1.807, 2.05) is 12.1 Å². The van der Waals surface area contributed by atoms with Gasteiger partial charge in [0.1, 0.15) is 0 Å². The maximum Gasteiger partial charge on any atom is 0.225 e. The summed E-state index contributed by atoms with van der Waals surface area (Å²) in [7, 11) is 0. The smallest absolute Gasteiger partial charge is 0.225 e. The van der Waals surface area contributed by atoms with Gasteiger partial charge in [-0.15, -0.1) is 0 Å². The van der Waals surface area contributed by atoms with Crippen molar-refractivity contribution in [1.82, 2.24) is 5.32 Å². The standard InChI is InChI=1S/C15H22N2O2S/c18-7-3-8-20-9-6-16-15(19)13-10-12-4-1-2-5-14(12)17-11-13/h1-2,4-5,13,17-18H,3,6-11H2,(H,16,19). The van der Waals surface area contributed by atoms with Crippen LogP contribution in [0.15, 0.2) is 24.3 Å². The summed E-state index contributed by atoms with van der Waals surface area (Å²) in [5, 5.41) is 15.0. The average molecular weight is 294 g/mol. The van der Waals surface area contributed by atoms with Crippen LogP contribution in [-0.4, -0.2) is 42.2 Å². The Balaban J connectivity index is 1.69. The van der Waals surface area contributed by atoms with E-state index in [2.05, 4.69) is 22.8 Å². The fourth-order valence-electron chi connectivity index (χ4n) is 2.29. The third-order valence-corrected chi connectivity index (χ3v) is 4.46. The number of para-hydroxylation sites is 1. The van der Waals surface area contributed by atoms with E-state index >= 15 is 0 Å². The molecule has 1 aliphatic heterocycles. The molecule has 4 nitrogen and oxygen atoms in total. The molecule has 1 atom stereocenters. The van der Waals surface area contributed by atoms with Gasteiger partial charge in [-0.2, -0.15) is 11.8 Å². The van der Waals surface area contributed by atoms with Crippen LogP contribution in [0.3, 0.4) is 0 Å². The first kappa shape index (κ1) is 15.2. The molecule has 1 aromatic rings. The molecule has 0 saturated heterocycles. The van der Waals surface area contributed by atoms with E-state index in [-0.39, 0.29) is 18.4 Å². The topological polar surface area (TPSA) is 61.4 Å². The van der Waals surface area contributed by atoms with Crippen molar-refractivity contribution >= 4 is 23.4 Å². The number of carbonyl (C=O) groups is 1. The molecule has 0 spiro atoms. The number of hydrogen-bond acceptors (Lipinski definition) is 4. The third-order valence-electron chi connectivity index (χ3n) is 3.39. The monoisotopic (exact) mass is 294 g/mol. The summed E-state index contributed by atoms with van der Waals surface area (Å²) in [6, 6.07) is 8.15. The molecule has 0 radical (unpaired) electrons. The maximum absolute atomic E-state index is 12.1. The van der Waals surface area contributed by atoms with Crippen molar-refractivity contribution in [3.8, 4) is 0 Å². The van der Waals surface area contributed by atoms with E-state index in [1.54, 1.807) is 11.8 Å². The van der Waals surface area contributed by atoms with Crippen molar-refractivity contribution in [3.63, 3.8) is 0 Å². The number of carbonyl (C=O) groups excluding carboxylic acids is 1. The summed E-state index contributed by atoms with van der Waals surface area (Å²) in [5.74, 6) is 2.01. The van der Waals surface area contributed by atoms with Crippen LogP contribution in [0.5, 0.6) is 0 Å². The zero-order valence-corrected chi connectivity index (χ0v) is 12.4. The number of hydrogen-bond donors (Lipinski definition) is 3. The molecule has 0 aromatic heterocycles. The second-order valence-corrected chi connectivity index (χ2v) is 6.14. The third kappa shape index (κ3) is 4.42. The molecular weight excluding hydrogens is 272 g/mol. The number of nitrogens with one attached hydrogen (secondary N) is 2. The van der Waals surface area contributed by atoms with Crippen LogP contribution in [-0.2, 0) is 11.2 Å². The zero-order valence-electron chi connectivity index (χ0n) is 11.6. The number of benzene rings is 1. The number of thioether (sulfide) groups is 1. The van der Waals surface area contributed by atoms with Crippen molar-refractivity contribution < 1.29 is 9.90 Å². The van der Waals surface area contributed by atoms with Crippen LogP contribution in [0.1, 0.15) is 12.0 Å². The highest BCUT2D eigenvalue weighted by molar-refractivity contribution is 7.99. The van der Waals surface area contributed by atoms with Gasteiger partial charge in [0.15, 0.2) is 0 Å². The average Bonchev–Trinajstić information content (AvgIpc) is 2.50. The number of fused-ring (bicyclic) bond motifs is 1. The van der Waals surface area contributed by atoms with Crippen LogP contribution in [0, 0.1) is 5.92 Å². The molecule has 1 aliphatic rings. The SMILES string of the molecule is O=C(NCCSCCCO)C1CNc2ccccc2C1. The van der Waals surface area contributed by atoms with E-state index in [1.165, 1.54) is 5.56 Å². The lowest BCUT2D eigenvalue weighted by Gasteiger charge is -2.25. The lowest BCUT2D eigenvalue weighted by molar-refractivity contribution is -0.124. The lowest BCUT2D eigenvalue weighted by atomic mass is 9.93. The van der Waals surface area contributed by atoms with Gasteiger partial charge in [0.05, 0.1) is 5.92 Å². The Kier molecular flexibility index (Phi) is 6.21. The summed E-state index contributed by atoms with van der Waals surface area (Å²) in [6.45, 7) is 1.65. The molecule has 3 N–H and O–H groups in total. The first-order valence-corrected chi connectivity index (χ1v) is 8.25. The molecule has 2 rings (SSSR count). The Morgan fingerprint density at radius 2 is 2.25 bits per heavy atom. The molecule has 20 heavy (non-hydrogen) atoms. The number of aliphatic hydroxyl groups is 1. The Bertz CT molecular complexity index is 440. The van der Waals surface area contributed by atoms with Gasteiger partial charge in [-0.1, -0.05) is 18.2 Å². The van der Waals surface area contributed by atoms with E-state index in [0.717, 1.165) is 30.0 Å². The Labute approximate surface area is 124 Å². The summed E-state index contributed by atoms with van der Waals surface area (Å²) in [6.07, 6.45) is 1.63. The number of amides is 1. The summed E-state index contributed by atoms with van der Waals surface area (Å²) in [4.78, 5) is 12.1. The highest BCUT2D eigenvalue weighted by Crippen LogP contribution is 2.24. The molecule has 1 amide bonds. The van der Waals surface area contributed by atoms with Gasteiger partial charge in [0.2, 0.25) is 5.91 Å². The fraction of sp³-hybridized carbons (Fsp3) is 0.533. The number of rotatable bonds is 7. The first-order chi connectivity index (χ1) is 9.81. The fourth-order valence-corrected chi connectivity index (χ4v) is 3.07. The summed E-state index contributed by atoms with van der Waals surface area (Å²) in [5.41, 5.74) is 2.37. The molecule has 5 heteroatoms. The minimum atomic E-state index is 0.0207. The van der Waals surface area contributed by atoms with E-state index in [9.17, 15) is 4.79 Å². The molecule has 1 aromatic carbocycles. The highest BCUT2D eigenvalue weighted by atomic mass is 32.2. The lowest BCUT2D eigenvalue weighted by Crippen LogP contribution is -2.39. The molecule has 0 aliphatic carbocycles. The molecule has 0 bridgehead atoms. The first-order valence-electron chi connectivity index (χ1n) is 7.09. The minimum absolute atomic E-state index is 0.0207. The molecule has 0 saturated carbocycles. The van der Waals surface area contributed by atoms with Crippen molar-refractivity contribution in [2.24, 2.45) is 5.92 Å². The Morgan fingerprint density at radius 3 is 3.10 bits per heavy atom. The largest absolute Gasteiger partial charge is 0.396 e. The van der Waals surface area contributed by atoms with Crippen molar-refractivity contribution in [1.29, 1.82) is 0 Å². The quantitative estimate of drug-likeness (QED) is 0.667. The molecule has 110 valence electrons. The second-order valence-electron chi connectivity index (χ2n) is 4.92. The van der Waals surface area contributed by atoms with Crippen LogP contribution < -0.4 is 10.6 Å². The molecular formula is C15H22N2O2S. The minimum Gasteiger partial charge on any atom is -0.396 e. The van der Waals surface area contributed by atoms with Gasteiger partial charge in [-0.05, 0) is 30.2 Å². The van der Waals surface area contributed by atoms with Gasteiger partial charge in [-0.25, -0.2) is 0 Å². The Hall–Kier alpha value is -1.20. The van der Waals surface area contributed by atoms with E-state index < -0.39 is 0 Å². The van der Waals surface area contributed by atoms with Crippen molar-refractivity contribution in [2.75, 3.05) is 36.5 Å². The summed E-state index contributed by atoms with van der Waals surface area (Å²) >= 11 is 1.76. The van der Waals surface area contributed by atoms with Gasteiger partial charge >= 0.3 is 0 Å². The molecule has 0 fully saturated rings. The predicted molar refractivity (Wildman–Crippen MR) is 84.2 cm³/mol. The Morgan fingerprint density at radius 1 is 1.40 bits per heavy atom. The van der Waals surface area contributed by atoms with Crippen LogP contribution in [0.2, 0.25) is 0 Å². The van der Waals surface area contributed by atoms with E-state index in [0.29, 0.717) is 13.1 Å². The van der Waals surface area contributed by atoms with Crippen molar-refractivity contribution in [3.05, 3.63) is 29.8 Å². The molecule has 1 unspecified atom stereocenters. The normalized spacial score (nSPS) is 17.1. The van der Waals surface area contributed by atoms with Crippen LogP contribution in [0.25, 0.3) is 0 Å². The van der Waals surface area contributed by atoms with Crippen LogP contribution >= 0.6 is 11.8 Å². The second kappa shape index (κ2) is 8.17. The van der Waals surface area contributed by atoms with Gasteiger partial charge in [0.25, 0.3) is 0 Å². The highest BCUT2D eigenvalue weighted by Gasteiger charge is 2.23. The van der Waals surface area contributed by atoms with Crippen LogP contribution in [0.4, 0.5) is 5.69 Å².